The van der Waals surface area contributed by atoms with Crippen LogP contribution in [0.15, 0.2) is 35.4 Å². The molecule has 3 aromatic rings. The minimum atomic E-state index is -0.314. The fourth-order valence-electron chi connectivity index (χ4n) is 2.67. The second-order valence-corrected chi connectivity index (χ2v) is 7.02. The molecule has 0 aliphatic carbocycles. The molecular formula is C19H22N4O4S. The number of aromatic nitrogens is 4. The maximum atomic E-state index is 12.1. The summed E-state index contributed by atoms with van der Waals surface area (Å²) in [6.45, 7) is 4.10. The Labute approximate surface area is 167 Å². The van der Waals surface area contributed by atoms with Crippen LogP contribution in [0.25, 0.3) is 17.0 Å². The summed E-state index contributed by atoms with van der Waals surface area (Å²) in [6, 6.07) is 9.15. The molecule has 0 spiro atoms. The van der Waals surface area contributed by atoms with E-state index in [4.69, 9.17) is 14.2 Å². The van der Waals surface area contributed by atoms with Crippen LogP contribution in [0, 0.1) is 0 Å². The molecule has 1 aromatic carbocycles. The molecule has 2 aromatic heterocycles. The van der Waals surface area contributed by atoms with Gasteiger partial charge in [-0.05, 0) is 43.7 Å². The quantitative estimate of drug-likeness (QED) is 0.419. The average Bonchev–Trinajstić information content (AvgIpc) is 3.14. The molecule has 3 rings (SSSR count). The molecule has 28 heavy (non-hydrogen) atoms. The highest BCUT2D eigenvalue weighted by Gasteiger charge is 2.21. The number of ether oxygens (including phenoxy) is 3. The topological polar surface area (TPSA) is 87.8 Å². The van der Waals surface area contributed by atoms with E-state index in [2.05, 4.69) is 15.3 Å². The number of benzene rings is 1. The van der Waals surface area contributed by atoms with Crippen LogP contribution in [-0.4, -0.2) is 51.9 Å². The van der Waals surface area contributed by atoms with Gasteiger partial charge in [-0.3, -0.25) is 4.79 Å². The number of rotatable bonds is 8. The van der Waals surface area contributed by atoms with Crippen molar-refractivity contribution in [3.8, 4) is 22.9 Å². The van der Waals surface area contributed by atoms with Gasteiger partial charge in [0.05, 0.1) is 20.8 Å². The monoisotopic (exact) mass is 402 g/mol. The van der Waals surface area contributed by atoms with Crippen LogP contribution >= 0.6 is 11.8 Å². The van der Waals surface area contributed by atoms with Gasteiger partial charge in [0, 0.05) is 5.56 Å². The summed E-state index contributed by atoms with van der Waals surface area (Å²) >= 11 is 1.37. The molecular weight excluding hydrogens is 380 g/mol. The molecule has 0 amide bonds. The number of carbonyl (C=O) groups excluding carboxylic acids is 1. The van der Waals surface area contributed by atoms with Crippen LogP contribution in [0.2, 0.25) is 0 Å². The zero-order valence-electron chi connectivity index (χ0n) is 16.2. The van der Waals surface area contributed by atoms with Crippen molar-refractivity contribution >= 4 is 23.4 Å². The molecule has 0 N–H and O–H groups in total. The van der Waals surface area contributed by atoms with E-state index < -0.39 is 0 Å². The van der Waals surface area contributed by atoms with Crippen LogP contribution in [0.5, 0.6) is 11.5 Å². The van der Waals surface area contributed by atoms with Crippen LogP contribution in [0.4, 0.5) is 0 Å². The predicted octanol–water partition coefficient (Wildman–Crippen LogP) is 3.24. The first-order valence-corrected chi connectivity index (χ1v) is 9.77. The standard InChI is InChI=1S/C19H22N4O4S/c1-5-15(19(24)27-6-2)28-17-10-9-16-20-21-18(23(16)22-17)12-7-8-13(25-3)14(11-12)26-4/h7-11,15H,5-6H2,1-4H3. The molecule has 0 saturated heterocycles. The lowest BCUT2D eigenvalue weighted by molar-refractivity contribution is -0.142. The van der Waals surface area contributed by atoms with E-state index in [-0.39, 0.29) is 11.2 Å². The number of carbonyl (C=O) groups is 1. The molecule has 1 atom stereocenters. The zero-order valence-corrected chi connectivity index (χ0v) is 17.0. The molecule has 8 nitrogen and oxygen atoms in total. The largest absolute Gasteiger partial charge is 0.493 e. The van der Waals surface area contributed by atoms with Gasteiger partial charge in [0.25, 0.3) is 0 Å². The average molecular weight is 402 g/mol. The lowest BCUT2D eigenvalue weighted by atomic mass is 10.2. The van der Waals surface area contributed by atoms with Gasteiger partial charge >= 0.3 is 5.97 Å². The predicted molar refractivity (Wildman–Crippen MR) is 106 cm³/mol. The maximum Gasteiger partial charge on any atom is 0.319 e. The van der Waals surface area contributed by atoms with Gasteiger partial charge in [-0.2, -0.15) is 9.61 Å². The first kappa shape index (κ1) is 19.9. The first-order valence-electron chi connectivity index (χ1n) is 8.89. The van der Waals surface area contributed by atoms with Crippen molar-refractivity contribution in [1.82, 2.24) is 19.8 Å². The van der Waals surface area contributed by atoms with Gasteiger partial charge in [0.1, 0.15) is 10.3 Å². The smallest absolute Gasteiger partial charge is 0.319 e. The summed E-state index contributed by atoms with van der Waals surface area (Å²) in [4.78, 5) is 12.1. The normalized spacial score (nSPS) is 12.0. The molecule has 0 aliphatic rings. The Morgan fingerprint density at radius 2 is 1.89 bits per heavy atom. The van der Waals surface area contributed by atoms with Crippen LogP contribution in [-0.2, 0) is 9.53 Å². The highest BCUT2D eigenvalue weighted by molar-refractivity contribution is 8.00. The van der Waals surface area contributed by atoms with Crippen molar-refractivity contribution in [3.63, 3.8) is 0 Å². The van der Waals surface area contributed by atoms with E-state index in [0.29, 0.717) is 41.0 Å². The van der Waals surface area contributed by atoms with Gasteiger partial charge in [0.15, 0.2) is 23.0 Å². The molecule has 0 saturated carbocycles. The summed E-state index contributed by atoms with van der Waals surface area (Å²) in [5.41, 5.74) is 1.40. The molecule has 2 heterocycles. The minimum absolute atomic E-state index is 0.235. The second kappa shape index (κ2) is 8.92. The lowest BCUT2D eigenvalue weighted by Gasteiger charge is -2.12. The van der Waals surface area contributed by atoms with Gasteiger partial charge < -0.3 is 14.2 Å². The number of methoxy groups -OCH3 is 2. The summed E-state index contributed by atoms with van der Waals surface area (Å²) < 4.78 is 17.4. The number of fused-ring (bicyclic) bond motifs is 1. The third kappa shape index (κ3) is 4.04. The number of nitrogens with zero attached hydrogens (tertiary/aromatic N) is 4. The van der Waals surface area contributed by atoms with Gasteiger partial charge in [-0.25, -0.2) is 0 Å². The molecule has 148 valence electrons. The summed E-state index contributed by atoms with van der Waals surface area (Å²) in [7, 11) is 3.17. The molecule has 9 heteroatoms. The third-order valence-corrected chi connectivity index (χ3v) is 5.33. The summed E-state index contributed by atoms with van der Waals surface area (Å²) in [6.07, 6.45) is 0.647. The fraction of sp³-hybridized carbons (Fsp3) is 0.368. The highest BCUT2D eigenvalue weighted by Crippen LogP contribution is 2.32. The molecule has 0 aliphatic heterocycles. The Morgan fingerprint density at radius 1 is 1.11 bits per heavy atom. The van der Waals surface area contributed by atoms with E-state index >= 15 is 0 Å². The van der Waals surface area contributed by atoms with Crippen LogP contribution < -0.4 is 9.47 Å². The Kier molecular flexibility index (Phi) is 6.35. The van der Waals surface area contributed by atoms with Gasteiger partial charge in [-0.15, -0.1) is 10.2 Å². The van der Waals surface area contributed by atoms with E-state index in [1.54, 1.807) is 25.7 Å². The van der Waals surface area contributed by atoms with Crippen LogP contribution in [0.3, 0.4) is 0 Å². The minimum Gasteiger partial charge on any atom is -0.493 e. The fourth-order valence-corrected chi connectivity index (χ4v) is 3.57. The zero-order chi connectivity index (χ0) is 20.1. The second-order valence-electron chi connectivity index (χ2n) is 5.80. The van der Waals surface area contributed by atoms with E-state index in [0.717, 1.165) is 5.56 Å². The number of esters is 1. The van der Waals surface area contributed by atoms with Crippen molar-refractivity contribution in [3.05, 3.63) is 30.3 Å². The van der Waals surface area contributed by atoms with Crippen molar-refractivity contribution in [1.29, 1.82) is 0 Å². The SMILES string of the molecule is CCOC(=O)C(CC)Sc1ccc2nnc(-c3ccc(OC)c(OC)c3)n2n1. The van der Waals surface area contributed by atoms with E-state index in [9.17, 15) is 4.79 Å². The molecule has 1 unspecified atom stereocenters. The number of thioether (sulfide) groups is 1. The Hall–Kier alpha value is -2.81. The number of hydrogen-bond donors (Lipinski definition) is 0. The van der Waals surface area contributed by atoms with Crippen LogP contribution in [0.1, 0.15) is 20.3 Å². The Morgan fingerprint density at radius 3 is 2.57 bits per heavy atom. The summed E-state index contributed by atoms with van der Waals surface area (Å²) in [5, 5.41) is 13.4. The number of hydrogen-bond acceptors (Lipinski definition) is 8. The van der Waals surface area contributed by atoms with E-state index in [1.165, 1.54) is 11.8 Å². The highest BCUT2D eigenvalue weighted by atomic mass is 32.2. The Bertz CT molecular complexity index is 976. The maximum absolute atomic E-state index is 12.1. The molecule has 0 fully saturated rings. The third-order valence-electron chi connectivity index (χ3n) is 4.06. The van der Waals surface area contributed by atoms with Crippen molar-refractivity contribution in [2.24, 2.45) is 0 Å². The lowest BCUT2D eigenvalue weighted by Crippen LogP contribution is -2.19. The van der Waals surface area contributed by atoms with Gasteiger partial charge in [0.2, 0.25) is 0 Å². The Balaban J connectivity index is 1.96. The summed E-state index contributed by atoms with van der Waals surface area (Å²) in [5.74, 6) is 1.56. The molecule has 0 bridgehead atoms. The van der Waals surface area contributed by atoms with E-state index in [1.807, 2.05) is 37.3 Å². The van der Waals surface area contributed by atoms with Crippen molar-refractivity contribution < 1.29 is 19.0 Å². The van der Waals surface area contributed by atoms with Gasteiger partial charge in [-0.1, -0.05) is 18.7 Å². The van der Waals surface area contributed by atoms with Crippen molar-refractivity contribution in [2.75, 3.05) is 20.8 Å². The van der Waals surface area contributed by atoms with Crippen molar-refractivity contribution in [2.45, 2.75) is 30.5 Å². The first-order chi connectivity index (χ1) is 13.6. The molecule has 0 radical (unpaired) electrons.